The van der Waals surface area contributed by atoms with E-state index >= 15 is 0 Å². The molecule has 0 saturated heterocycles. The van der Waals surface area contributed by atoms with E-state index in [1.807, 2.05) is 24.3 Å². The van der Waals surface area contributed by atoms with E-state index in [2.05, 4.69) is 41.1 Å². The smallest absolute Gasteiger partial charge is 0.167 e. The van der Waals surface area contributed by atoms with Gasteiger partial charge >= 0.3 is 0 Å². The molecule has 18 heavy (non-hydrogen) atoms. The van der Waals surface area contributed by atoms with Gasteiger partial charge in [-0.3, -0.25) is 0 Å². The molecular weight excluding hydrogens is 260 g/mol. The zero-order valence-electron chi connectivity index (χ0n) is 10.2. The fraction of sp³-hybridized carbons (Fsp3) is 0.214. The van der Waals surface area contributed by atoms with Crippen LogP contribution in [0.3, 0.4) is 0 Å². The summed E-state index contributed by atoms with van der Waals surface area (Å²) in [4.78, 5) is 1.28. The predicted molar refractivity (Wildman–Crippen MR) is 81.7 cm³/mol. The average Bonchev–Trinajstić information content (AvgIpc) is 2.90. The predicted octanol–water partition coefficient (Wildman–Crippen LogP) is 3.47. The van der Waals surface area contributed by atoms with Crippen LogP contribution in [-0.4, -0.2) is 5.11 Å². The van der Waals surface area contributed by atoms with Crippen LogP contribution in [0.4, 0.5) is 0 Å². The van der Waals surface area contributed by atoms with E-state index < -0.39 is 0 Å². The lowest BCUT2D eigenvalue weighted by Gasteiger charge is -2.17. The van der Waals surface area contributed by atoms with Crippen LogP contribution in [0.1, 0.15) is 23.4 Å². The summed E-state index contributed by atoms with van der Waals surface area (Å²) in [6.07, 6.45) is 0. The molecule has 2 aromatic rings. The second-order valence-electron chi connectivity index (χ2n) is 4.04. The van der Waals surface area contributed by atoms with Crippen LogP contribution in [0.2, 0.25) is 0 Å². The second-order valence-corrected chi connectivity index (χ2v) is 5.48. The summed E-state index contributed by atoms with van der Waals surface area (Å²) in [6.45, 7) is 2.89. The molecule has 4 heteroatoms. The highest BCUT2D eigenvalue weighted by Crippen LogP contribution is 2.11. The summed E-state index contributed by atoms with van der Waals surface area (Å²) in [6, 6.07) is 14.6. The van der Waals surface area contributed by atoms with Crippen LogP contribution >= 0.6 is 23.6 Å². The monoisotopic (exact) mass is 276 g/mol. The molecule has 0 aliphatic heterocycles. The fourth-order valence-electron chi connectivity index (χ4n) is 1.65. The first-order valence-corrected chi connectivity index (χ1v) is 7.16. The van der Waals surface area contributed by atoms with E-state index in [0.29, 0.717) is 5.11 Å². The molecule has 1 atom stereocenters. The molecule has 0 unspecified atom stereocenters. The van der Waals surface area contributed by atoms with Gasteiger partial charge in [0.2, 0.25) is 0 Å². The maximum atomic E-state index is 5.29. The highest BCUT2D eigenvalue weighted by atomic mass is 32.1. The summed E-state index contributed by atoms with van der Waals surface area (Å²) >= 11 is 7.02. The molecule has 1 heterocycles. The molecule has 2 nitrogen and oxygen atoms in total. The number of thiocarbonyl (C=S) groups is 1. The average molecular weight is 276 g/mol. The molecule has 2 N–H and O–H groups in total. The topological polar surface area (TPSA) is 24.1 Å². The Bertz CT molecular complexity index is 480. The Morgan fingerprint density at radius 3 is 2.67 bits per heavy atom. The van der Waals surface area contributed by atoms with Crippen LogP contribution in [-0.2, 0) is 6.54 Å². The largest absolute Gasteiger partial charge is 0.358 e. The summed E-state index contributed by atoms with van der Waals surface area (Å²) in [5.74, 6) is 0. The zero-order chi connectivity index (χ0) is 12.8. The molecule has 0 amide bonds. The van der Waals surface area contributed by atoms with Crippen molar-refractivity contribution in [2.45, 2.75) is 19.5 Å². The van der Waals surface area contributed by atoms with Gasteiger partial charge in [0.1, 0.15) is 0 Å². The quantitative estimate of drug-likeness (QED) is 0.836. The lowest BCUT2D eigenvalue weighted by molar-refractivity contribution is 0.699. The van der Waals surface area contributed by atoms with Crippen LogP contribution in [0, 0.1) is 0 Å². The first-order chi connectivity index (χ1) is 8.75. The normalized spacial score (nSPS) is 11.8. The summed E-state index contributed by atoms with van der Waals surface area (Å²) < 4.78 is 0. The molecule has 0 fully saturated rings. The van der Waals surface area contributed by atoms with Crippen molar-refractivity contribution in [1.29, 1.82) is 0 Å². The maximum absolute atomic E-state index is 5.29. The van der Waals surface area contributed by atoms with Gasteiger partial charge in [-0.25, -0.2) is 0 Å². The second kappa shape index (κ2) is 6.52. The molecular formula is C14H16N2S2. The van der Waals surface area contributed by atoms with Crippen LogP contribution < -0.4 is 10.6 Å². The molecule has 0 bridgehead atoms. The Balaban J connectivity index is 1.80. The number of thiophene rings is 1. The Kier molecular flexibility index (Phi) is 4.73. The van der Waals surface area contributed by atoms with Crippen molar-refractivity contribution in [3.8, 4) is 0 Å². The standard InChI is InChI=1S/C14H16N2S2/c1-11(12-6-3-2-4-7-12)16-14(17)15-10-13-8-5-9-18-13/h2-9,11H,10H2,1H3,(H2,15,16,17)/t11-/m0/s1. The van der Waals surface area contributed by atoms with Crippen molar-refractivity contribution >= 4 is 28.7 Å². The summed E-state index contributed by atoms with van der Waals surface area (Å²) in [5.41, 5.74) is 1.23. The minimum Gasteiger partial charge on any atom is -0.358 e. The number of nitrogens with one attached hydrogen (secondary N) is 2. The maximum Gasteiger partial charge on any atom is 0.167 e. The van der Waals surface area contributed by atoms with E-state index in [1.54, 1.807) is 11.3 Å². The van der Waals surface area contributed by atoms with Crippen molar-refractivity contribution in [2.75, 3.05) is 0 Å². The van der Waals surface area contributed by atoms with Crippen molar-refractivity contribution in [1.82, 2.24) is 10.6 Å². The number of hydrogen-bond acceptors (Lipinski definition) is 2. The Morgan fingerprint density at radius 1 is 1.22 bits per heavy atom. The van der Waals surface area contributed by atoms with E-state index in [-0.39, 0.29) is 6.04 Å². The molecule has 0 saturated carbocycles. The number of benzene rings is 1. The van der Waals surface area contributed by atoms with Gasteiger partial charge < -0.3 is 10.6 Å². The van der Waals surface area contributed by atoms with E-state index in [1.165, 1.54) is 10.4 Å². The highest BCUT2D eigenvalue weighted by Gasteiger charge is 2.05. The molecule has 94 valence electrons. The van der Waals surface area contributed by atoms with Crippen LogP contribution in [0.15, 0.2) is 47.8 Å². The van der Waals surface area contributed by atoms with Gasteiger partial charge in [-0.2, -0.15) is 0 Å². The number of rotatable bonds is 4. The third kappa shape index (κ3) is 3.82. The Morgan fingerprint density at radius 2 is 2.00 bits per heavy atom. The summed E-state index contributed by atoms with van der Waals surface area (Å²) in [7, 11) is 0. The molecule has 0 aliphatic carbocycles. The highest BCUT2D eigenvalue weighted by molar-refractivity contribution is 7.80. The van der Waals surface area contributed by atoms with Gasteiger partial charge in [0.15, 0.2) is 5.11 Å². The molecule has 0 spiro atoms. The van der Waals surface area contributed by atoms with Crippen molar-refractivity contribution in [3.63, 3.8) is 0 Å². The molecule has 0 radical (unpaired) electrons. The van der Waals surface area contributed by atoms with Gasteiger partial charge in [0, 0.05) is 4.88 Å². The van der Waals surface area contributed by atoms with Crippen molar-refractivity contribution in [2.24, 2.45) is 0 Å². The van der Waals surface area contributed by atoms with E-state index in [4.69, 9.17) is 12.2 Å². The van der Waals surface area contributed by atoms with E-state index in [0.717, 1.165) is 6.54 Å². The molecule has 2 rings (SSSR count). The van der Waals surface area contributed by atoms with Crippen LogP contribution in [0.25, 0.3) is 0 Å². The van der Waals surface area contributed by atoms with Gasteiger partial charge in [-0.05, 0) is 36.2 Å². The van der Waals surface area contributed by atoms with Gasteiger partial charge in [0.05, 0.1) is 12.6 Å². The minimum atomic E-state index is 0.217. The Hall–Kier alpha value is -1.39. The third-order valence-electron chi connectivity index (χ3n) is 2.65. The molecule has 1 aromatic carbocycles. The number of hydrogen-bond donors (Lipinski definition) is 2. The Labute approximate surface area is 117 Å². The molecule has 1 aromatic heterocycles. The zero-order valence-corrected chi connectivity index (χ0v) is 11.9. The lowest BCUT2D eigenvalue weighted by Crippen LogP contribution is -2.36. The first-order valence-electron chi connectivity index (χ1n) is 5.87. The third-order valence-corrected chi connectivity index (χ3v) is 3.79. The van der Waals surface area contributed by atoms with Crippen LogP contribution in [0.5, 0.6) is 0 Å². The van der Waals surface area contributed by atoms with Gasteiger partial charge in [-0.15, -0.1) is 11.3 Å². The summed E-state index contributed by atoms with van der Waals surface area (Å²) in [5, 5.41) is 9.26. The van der Waals surface area contributed by atoms with Crippen molar-refractivity contribution in [3.05, 3.63) is 58.3 Å². The molecule has 0 aliphatic rings. The first kappa shape index (κ1) is 13.1. The van der Waals surface area contributed by atoms with Gasteiger partial charge in [0.25, 0.3) is 0 Å². The van der Waals surface area contributed by atoms with E-state index in [9.17, 15) is 0 Å². The minimum absolute atomic E-state index is 0.217. The van der Waals surface area contributed by atoms with Gasteiger partial charge in [-0.1, -0.05) is 36.4 Å². The SMILES string of the molecule is C[C@H](NC(=S)NCc1cccs1)c1ccccc1. The van der Waals surface area contributed by atoms with Crippen molar-refractivity contribution < 1.29 is 0 Å². The lowest BCUT2D eigenvalue weighted by atomic mass is 10.1. The fourth-order valence-corrected chi connectivity index (χ4v) is 2.55.